The number of nitrogens with zero attached hydrogens (tertiary/aromatic N) is 1. The SMILES string of the molecule is CC(C)CCN(C)C(=O)CCCCCOC(C)C. The van der Waals surface area contributed by atoms with Crippen LogP contribution in [-0.4, -0.2) is 37.1 Å². The quantitative estimate of drug-likeness (QED) is 0.561. The Morgan fingerprint density at radius 3 is 2.33 bits per heavy atom. The molecule has 0 unspecified atom stereocenters. The van der Waals surface area contributed by atoms with Crippen LogP contribution in [0, 0.1) is 5.92 Å². The van der Waals surface area contributed by atoms with Gasteiger partial charge in [0.05, 0.1) is 6.10 Å². The highest BCUT2D eigenvalue weighted by Crippen LogP contribution is 2.06. The monoisotopic (exact) mass is 257 g/mol. The van der Waals surface area contributed by atoms with Crippen molar-refractivity contribution in [1.29, 1.82) is 0 Å². The van der Waals surface area contributed by atoms with Crippen LogP contribution in [0.15, 0.2) is 0 Å². The fourth-order valence-corrected chi connectivity index (χ4v) is 1.64. The second-order valence-corrected chi connectivity index (χ2v) is 5.73. The third kappa shape index (κ3) is 10.6. The summed E-state index contributed by atoms with van der Waals surface area (Å²) in [5.74, 6) is 0.939. The van der Waals surface area contributed by atoms with E-state index in [1.165, 1.54) is 0 Å². The zero-order chi connectivity index (χ0) is 14.0. The first-order valence-electron chi connectivity index (χ1n) is 7.29. The maximum atomic E-state index is 11.8. The summed E-state index contributed by atoms with van der Waals surface area (Å²) in [6.07, 6.45) is 5.19. The van der Waals surface area contributed by atoms with Gasteiger partial charge in [0, 0.05) is 26.6 Å². The Hall–Kier alpha value is -0.570. The zero-order valence-electron chi connectivity index (χ0n) is 12.9. The molecular formula is C15H31NO2. The summed E-state index contributed by atoms with van der Waals surface area (Å²) in [4.78, 5) is 13.7. The molecule has 0 atom stereocenters. The van der Waals surface area contributed by atoms with E-state index < -0.39 is 0 Å². The third-order valence-electron chi connectivity index (χ3n) is 2.95. The maximum Gasteiger partial charge on any atom is 0.222 e. The molecule has 0 N–H and O–H groups in total. The van der Waals surface area contributed by atoms with Gasteiger partial charge in [0.15, 0.2) is 0 Å². The van der Waals surface area contributed by atoms with Crippen molar-refractivity contribution in [3.63, 3.8) is 0 Å². The largest absolute Gasteiger partial charge is 0.379 e. The van der Waals surface area contributed by atoms with E-state index in [2.05, 4.69) is 13.8 Å². The average Bonchev–Trinajstić information content (AvgIpc) is 2.29. The summed E-state index contributed by atoms with van der Waals surface area (Å²) < 4.78 is 5.47. The lowest BCUT2D eigenvalue weighted by Gasteiger charge is -2.18. The van der Waals surface area contributed by atoms with E-state index in [4.69, 9.17) is 4.74 Å². The predicted octanol–water partition coefficient (Wildman–Crippen LogP) is 3.48. The van der Waals surface area contributed by atoms with Crippen molar-refractivity contribution in [3.8, 4) is 0 Å². The maximum absolute atomic E-state index is 11.8. The number of unbranched alkanes of at least 4 members (excludes halogenated alkanes) is 2. The van der Waals surface area contributed by atoms with E-state index in [-0.39, 0.29) is 5.91 Å². The van der Waals surface area contributed by atoms with Crippen LogP contribution >= 0.6 is 0 Å². The van der Waals surface area contributed by atoms with E-state index >= 15 is 0 Å². The van der Waals surface area contributed by atoms with Gasteiger partial charge in [0.1, 0.15) is 0 Å². The second-order valence-electron chi connectivity index (χ2n) is 5.73. The molecule has 0 aliphatic rings. The number of ether oxygens (including phenoxy) is 1. The standard InChI is InChI=1S/C15H31NO2/c1-13(2)10-11-16(5)15(17)9-7-6-8-12-18-14(3)4/h13-14H,6-12H2,1-5H3. The van der Waals surface area contributed by atoms with E-state index in [0.717, 1.165) is 38.8 Å². The molecule has 0 aromatic carbocycles. The smallest absolute Gasteiger partial charge is 0.222 e. The number of rotatable bonds is 10. The Kier molecular flexibility index (Phi) is 10.0. The van der Waals surface area contributed by atoms with Crippen LogP contribution in [0.3, 0.4) is 0 Å². The minimum Gasteiger partial charge on any atom is -0.379 e. The first-order chi connectivity index (χ1) is 8.43. The van der Waals surface area contributed by atoms with E-state index in [1.807, 2.05) is 25.8 Å². The Balaban J connectivity index is 3.46. The summed E-state index contributed by atoms with van der Waals surface area (Å²) in [5.41, 5.74) is 0. The Morgan fingerprint density at radius 1 is 1.11 bits per heavy atom. The predicted molar refractivity (Wildman–Crippen MR) is 76.6 cm³/mol. The molecule has 0 rings (SSSR count). The topological polar surface area (TPSA) is 29.5 Å². The molecule has 0 aliphatic carbocycles. The molecule has 3 heteroatoms. The first-order valence-corrected chi connectivity index (χ1v) is 7.29. The van der Waals surface area contributed by atoms with E-state index in [1.54, 1.807) is 0 Å². The van der Waals surface area contributed by atoms with Crippen molar-refractivity contribution in [1.82, 2.24) is 4.90 Å². The van der Waals surface area contributed by atoms with Gasteiger partial charge >= 0.3 is 0 Å². The number of carbonyl (C=O) groups is 1. The molecule has 0 aromatic heterocycles. The van der Waals surface area contributed by atoms with Crippen molar-refractivity contribution < 1.29 is 9.53 Å². The van der Waals surface area contributed by atoms with Crippen molar-refractivity contribution >= 4 is 5.91 Å². The van der Waals surface area contributed by atoms with Crippen LogP contribution in [0.1, 0.15) is 59.8 Å². The minimum atomic E-state index is 0.278. The molecule has 0 spiro atoms. The van der Waals surface area contributed by atoms with Crippen LogP contribution in [0.4, 0.5) is 0 Å². The fraction of sp³-hybridized carbons (Fsp3) is 0.933. The number of hydrogen-bond acceptors (Lipinski definition) is 2. The molecule has 0 radical (unpaired) electrons. The highest BCUT2D eigenvalue weighted by Gasteiger charge is 2.08. The Labute approximate surface area is 113 Å². The second kappa shape index (κ2) is 10.4. The Morgan fingerprint density at radius 2 is 1.78 bits per heavy atom. The van der Waals surface area contributed by atoms with Gasteiger partial charge in [-0.25, -0.2) is 0 Å². The minimum absolute atomic E-state index is 0.278. The fourth-order valence-electron chi connectivity index (χ4n) is 1.64. The molecule has 0 bridgehead atoms. The number of carbonyl (C=O) groups excluding carboxylic acids is 1. The van der Waals surface area contributed by atoms with Gasteiger partial charge in [0.25, 0.3) is 0 Å². The summed E-state index contributed by atoms with van der Waals surface area (Å²) >= 11 is 0. The molecule has 18 heavy (non-hydrogen) atoms. The summed E-state index contributed by atoms with van der Waals surface area (Å²) in [6.45, 7) is 10.2. The molecule has 0 saturated carbocycles. The molecule has 0 fully saturated rings. The van der Waals surface area contributed by atoms with Gasteiger partial charge in [-0.2, -0.15) is 0 Å². The van der Waals surface area contributed by atoms with Crippen LogP contribution < -0.4 is 0 Å². The van der Waals surface area contributed by atoms with Gasteiger partial charge in [-0.15, -0.1) is 0 Å². The molecule has 0 aliphatic heterocycles. The Bertz CT molecular complexity index is 215. The highest BCUT2D eigenvalue weighted by atomic mass is 16.5. The average molecular weight is 257 g/mol. The lowest BCUT2D eigenvalue weighted by atomic mass is 10.1. The molecule has 108 valence electrons. The van der Waals surface area contributed by atoms with Gasteiger partial charge in [-0.1, -0.05) is 20.3 Å². The molecule has 3 nitrogen and oxygen atoms in total. The van der Waals surface area contributed by atoms with Crippen LogP contribution in [-0.2, 0) is 9.53 Å². The lowest BCUT2D eigenvalue weighted by molar-refractivity contribution is -0.130. The van der Waals surface area contributed by atoms with Gasteiger partial charge in [-0.3, -0.25) is 4.79 Å². The normalized spacial score (nSPS) is 11.3. The van der Waals surface area contributed by atoms with E-state index in [9.17, 15) is 4.79 Å². The van der Waals surface area contributed by atoms with Crippen molar-refractivity contribution in [3.05, 3.63) is 0 Å². The molecule has 0 heterocycles. The summed E-state index contributed by atoms with van der Waals surface area (Å²) in [7, 11) is 1.91. The van der Waals surface area contributed by atoms with Crippen LogP contribution in [0.5, 0.6) is 0 Å². The van der Waals surface area contributed by atoms with Crippen LogP contribution in [0.25, 0.3) is 0 Å². The summed E-state index contributed by atoms with van der Waals surface area (Å²) in [6, 6.07) is 0. The van der Waals surface area contributed by atoms with E-state index in [0.29, 0.717) is 18.4 Å². The van der Waals surface area contributed by atoms with Crippen molar-refractivity contribution in [2.75, 3.05) is 20.2 Å². The molecule has 0 aromatic rings. The number of hydrogen-bond donors (Lipinski definition) is 0. The number of amides is 1. The van der Waals surface area contributed by atoms with Gasteiger partial charge in [-0.05, 0) is 39.0 Å². The lowest BCUT2D eigenvalue weighted by Crippen LogP contribution is -2.28. The van der Waals surface area contributed by atoms with Gasteiger partial charge < -0.3 is 9.64 Å². The molecular weight excluding hydrogens is 226 g/mol. The van der Waals surface area contributed by atoms with Crippen molar-refractivity contribution in [2.45, 2.75) is 65.9 Å². The highest BCUT2D eigenvalue weighted by molar-refractivity contribution is 5.75. The first kappa shape index (κ1) is 17.4. The van der Waals surface area contributed by atoms with Crippen LogP contribution in [0.2, 0.25) is 0 Å². The summed E-state index contributed by atoms with van der Waals surface area (Å²) in [5, 5.41) is 0. The van der Waals surface area contributed by atoms with Gasteiger partial charge in [0.2, 0.25) is 5.91 Å². The molecule has 1 amide bonds. The molecule has 0 saturated heterocycles. The zero-order valence-corrected chi connectivity index (χ0v) is 12.9. The third-order valence-corrected chi connectivity index (χ3v) is 2.95. The van der Waals surface area contributed by atoms with Crippen molar-refractivity contribution in [2.24, 2.45) is 5.92 Å².